The van der Waals surface area contributed by atoms with Crippen LogP contribution < -0.4 is 10.6 Å². The van der Waals surface area contributed by atoms with Crippen LogP contribution in [0.4, 0.5) is 5.69 Å². The normalized spacial score (nSPS) is 13.1. The number of allylic oxidation sites excluding steroid dienone is 4. The second kappa shape index (κ2) is 11.5. The second-order valence-corrected chi connectivity index (χ2v) is 6.74. The molecule has 5 heteroatoms. The zero-order valence-corrected chi connectivity index (χ0v) is 18.1. The Morgan fingerprint density at radius 2 is 1.86 bits per heavy atom. The Hall–Kier alpha value is -3.34. The minimum Gasteiger partial charge on any atom is -0.493 e. The number of hydrogen-bond acceptors (Lipinski definition) is 4. The Balaban J connectivity index is 3.07. The number of benzene rings is 1. The molecule has 0 saturated heterocycles. The van der Waals surface area contributed by atoms with Crippen molar-refractivity contribution in [3.8, 4) is 0 Å². The highest BCUT2D eigenvalue weighted by Gasteiger charge is 2.06. The predicted molar refractivity (Wildman–Crippen MR) is 126 cm³/mol. The Kier molecular flexibility index (Phi) is 9.39. The number of amidine groups is 1. The van der Waals surface area contributed by atoms with Gasteiger partial charge in [0.15, 0.2) is 0 Å². The van der Waals surface area contributed by atoms with E-state index in [4.69, 9.17) is 0 Å². The van der Waals surface area contributed by atoms with Crippen LogP contribution in [0.5, 0.6) is 0 Å². The third-order valence-electron chi connectivity index (χ3n) is 4.21. The van der Waals surface area contributed by atoms with Gasteiger partial charge in [-0.2, -0.15) is 4.99 Å². The number of aliphatic hydroxyl groups is 1. The predicted octanol–water partition coefficient (Wildman–Crippen LogP) is 5.95. The summed E-state index contributed by atoms with van der Waals surface area (Å²) in [5.74, 6) is 0.355. The fourth-order valence-corrected chi connectivity index (χ4v) is 2.35. The molecule has 0 saturated carbocycles. The zero-order chi connectivity index (χ0) is 22.0. The van der Waals surface area contributed by atoms with E-state index in [0.29, 0.717) is 23.8 Å². The molecular weight excluding hydrogens is 360 g/mol. The molecule has 0 unspecified atom stereocenters. The molecule has 0 fully saturated rings. The number of rotatable bonds is 9. The molecule has 0 aliphatic heterocycles. The summed E-state index contributed by atoms with van der Waals surface area (Å²) in [6.45, 7) is 21.8. The molecule has 3 N–H and O–H groups in total. The third kappa shape index (κ3) is 8.05. The first-order valence-electron chi connectivity index (χ1n) is 9.41. The van der Waals surface area contributed by atoms with Gasteiger partial charge >= 0.3 is 0 Å². The summed E-state index contributed by atoms with van der Waals surface area (Å²) >= 11 is 0. The summed E-state index contributed by atoms with van der Waals surface area (Å²) < 4.78 is 0. The van der Waals surface area contributed by atoms with E-state index in [1.165, 1.54) is 6.08 Å². The number of aliphatic hydroxyl groups excluding tert-OH is 1. The van der Waals surface area contributed by atoms with Gasteiger partial charge in [-0.05, 0) is 75.7 Å². The molecule has 0 aliphatic carbocycles. The van der Waals surface area contributed by atoms with Crippen molar-refractivity contribution < 1.29 is 5.11 Å². The Morgan fingerprint density at radius 1 is 1.17 bits per heavy atom. The van der Waals surface area contributed by atoms with Gasteiger partial charge in [0.05, 0.1) is 11.4 Å². The van der Waals surface area contributed by atoms with E-state index in [9.17, 15) is 5.11 Å². The summed E-state index contributed by atoms with van der Waals surface area (Å²) in [5.41, 5.74) is 6.51. The van der Waals surface area contributed by atoms with E-state index in [1.807, 2.05) is 39.0 Å². The molecule has 1 aromatic rings. The largest absolute Gasteiger partial charge is 0.493 e. The first-order chi connectivity index (χ1) is 13.7. The second-order valence-electron chi connectivity index (χ2n) is 6.74. The summed E-state index contributed by atoms with van der Waals surface area (Å²) in [4.78, 5) is 8.56. The van der Waals surface area contributed by atoms with Gasteiger partial charge in [-0.15, -0.1) is 0 Å². The van der Waals surface area contributed by atoms with Crippen molar-refractivity contribution in [1.82, 2.24) is 5.32 Å². The number of hydrogen-bond donors (Lipinski definition) is 3. The van der Waals surface area contributed by atoms with Crippen molar-refractivity contribution in [1.29, 1.82) is 0 Å². The molecule has 1 aromatic carbocycles. The van der Waals surface area contributed by atoms with Crippen LogP contribution in [0.15, 0.2) is 89.0 Å². The molecule has 0 atom stereocenters. The fraction of sp³-hybridized carbons (Fsp3) is 0.250. The van der Waals surface area contributed by atoms with Crippen LogP contribution in [0, 0.1) is 6.92 Å². The molecule has 0 aliphatic rings. The van der Waals surface area contributed by atoms with Gasteiger partial charge in [0.1, 0.15) is 5.84 Å². The van der Waals surface area contributed by atoms with E-state index in [0.717, 1.165) is 28.0 Å². The van der Waals surface area contributed by atoms with E-state index >= 15 is 0 Å². The maximum absolute atomic E-state index is 9.61. The highest BCUT2D eigenvalue weighted by molar-refractivity contribution is 6.13. The number of aliphatic imine (C=N–C) groups is 2. The van der Waals surface area contributed by atoms with Gasteiger partial charge in [-0.3, -0.25) is 0 Å². The van der Waals surface area contributed by atoms with Crippen molar-refractivity contribution in [2.45, 2.75) is 41.2 Å². The molecule has 0 heterocycles. The topological polar surface area (TPSA) is 69.0 Å². The summed E-state index contributed by atoms with van der Waals surface area (Å²) in [6, 6.07) is 6.17. The van der Waals surface area contributed by atoms with E-state index in [-0.39, 0.29) is 5.88 Å². The van der Waals surface area contributed by atoms with Crippen LogP contribution >= 0.6 is 0 Å². The lowest BCUT2D eigenvalue weighted by molar-refractivity contribution is 0.405. The smallest absolute Gasteiger partial charge is 0.208 e. The molecule has 0 radical (unpaired) electrons. The number of anilines is 1. The summed E-state index contributed by atoms with van der Waals surface area (Å²) in [6.07, 6.45) is 5.08. The maximum atomic E-state index is 9.61. The van der Waals surface area contributed by atoms with Crippen LogP contribution in [-0.4, -0.2) is 16.7 Å². The van der Waals surface area contributed by atoms with Crippen molar-refractivity contribution >= 4 is 17.2 Å². The molecule has 5 nitrogen and oxygen atoms in total. The third-order valence-corrected chi connectivity index (χ3v) is 4.21. The lowest BCUT2D eigenvalue weighted by atomic mass is 10.1. The maximum Gasteiger partial charge on any atom is 0.208 e. The van der Waals surface area contributed by atoms with E-state index in [1.54, 1.807) is 20.0 Å². The van der Waals surface area contributed by atoms with Gasteiger partial charge in [-0.25, -0.2) is 4.99 Å². The quantitative estimate of drug-likeness (QED) is 0.210. The molecule has 0 amide bonds. The lowest BCUT2D eigenvalue weighted by Crippen LogP contribution is -2.19. The first-order valence-corrected chi connectivity index (χ1v) is 9.41. The summed E-state index contributed by atoms with van der Waals surface area (Å²) in [7, 11) is 0. The van der Waals surface area contributed by atoms with Crippen molar-refractivity contribution in [2.75, 3.05) is 5.32 Å². The fourth-order valence-electron chi connectivity index (χ4n) is 2.35. The van der Waals surface area contributed by atoms with Crippen LogP contribution in [0.2, 0.25) is 0 Å². The number of nitrogens with zero attached hydrogens (tertiary/aromatic N) is 2. The minimum absolute atomic E-state index is 0.0755. The van der Waals surface area contributed by atoms with Crippen LogP contribution in [0.1, 0.15) is 38.8 Å². The Labute approximate surface area is 174 Å². The van der Waals surface area contributed by atoms with Crippen molar-refractivity contribution in [2.24, 2.45) is 9.98 Å². The van der Waals surface area contributed by atoms with Gasteiger partial charge in [0, 0.05) is 12.2 Å². The molecule has 0 spiro atoms. The van der Waals surface area contributed by atoms with Crippen LogP contribution in [0.3, 0.4) is 0 Å². The van der Waals surface area contributed by atoms with E-state index in [2.05, 4.69) is 46.4 Å². The van der Waals surface area contributed by atoms with Gasteiger partial charge in [0.2, 0.25) is 5.88 Å². The highest BCUT2D eigenvalue weighted by atomic mass is 16.3. The average molecular weight is 393 g/mol. The number of nitrogens with one attached hydrogen (secondary N) is 2. The monoisotopic (exact) mass is 392 g/mol. The highest BCUT2D eigenvalue weighted by Crippen LogP contribution is 2.17. The minimum atomic E-state index is -0.0755. The SMILES string of the molecule is C=CNc1ccc(CNC(=C)C(/C=C(\C)C(=C)C)=N/C(C)=N/C(O)=C\C)cc1C. The number of aryl methyl sites for hydroxylation is 1. The van der Waals surface area contributed by atoms with Crippen molar-refractivity contribution in [3.63, 3.8) is 0 Å². The molecule has 29 heavy (non-hydrogen) atoms. The Morgan fingerprint density at radius 3 is 2.41 bits per heavy atom. The molecule has 0 aromatic heterocycles. The van der Waals surface area contributed by atoms with Crippen LogP contribution in [0.25, 0.3) is 0 Å². The summed E-state index contributed by atoms with van der Waals surface area (Å²) in [5, 5.41) is 16.0. The molecule has 0 bridgehead atoms. The van der Waals surface area contributed by atoms with Gasteiger partial charge < -0.3 is 15.7 Å². The molecule has 1 rings (SSSR count). The standard InChI is InChI=1S/C24H32N4O/c1-9-24(29)28-20(8)27-23(14-17(5)16(3)4)19(7)26-15-21-11-12-22(25-10-2)18(6)13-21/h9-14,25-26,29H,2-3,7,15H2,1,4-6,8H3/b17-14+,24-9+,27-23+,28-20+. The zero-order valence-electron chi connectivity index (χ0n) is 18.1. The van der Waals surface area contributed by atoms with Crippen molar-refractivity contribution in [3.05, 3.63) is 90.1 Å². The Bertz CT molecular complexity index is 901. The van der Waals surface area contributed by atoms with Gasteiger partial charge in [-0.1, -0.05) is 37.4 Å². The average Bonchev–Trinajstić information content (AvgIpc) is 2.67. The van der Waals surface area contributed by atoms with Crippen LogP contribution in [-0.2, 0) is 6.54 Å². The van der Waals surface area contributed by atoms with E-state index < -0.39 is 0 Å². The first kappa shape index (κ1) is 23.7. The molecular formula is C24H32N4O. The molecule has 154 valence electrons. The van der Waals surface area contributed by atoms with Gasteiger partial charge in [0.25, 0.3) is 0 Å². The lowest BCUT2D eigenvalue weighted by Gasteiger charge is -2.13.